The predicted octanol–water partition coefficient (Wildman–Crippen LogP) is 0.552. The number of hydrogen-bond acceptors (Lipinski definition) is 3. The van der Waals surface area contributed by atoms with E-state index >= 15 is 0 Å². The first kappa shape index (κ1) is 11.3. The SMILES string of the molecule is Cc1ccc(CCc2cc(=O)c(=O)[nH][nH]2)nc1. The topological polar surface area (TPSA) is 78.6 Å². The molecule has 2 heterocycles. The maximum absolute atomic E-state index is 11.1. The zero-order valence-electron chi connectivity index (χ0n) is 9.49. The Bertz CT molecular complexity index is 611. The quantitative estimate of drug-likeness (QED) is 0.757. The molecule has 0 aliphatic rings. The number of nitrogens with zero attached hydrogens (tertiary/aromatic N) is 1. The molecule has 5 nitrogen and oxygen atoms in total. The molecule has 2 N–H and O–H groups in total. The van der Waals surface area contributed by atoms with Crippen molar-refractivity contribution in [2.45, 2.75) is 19.8 Å². The van der Waals surface area contributed by atoms with Gasteiger partial charge >= 0.3 is 5.56 Å². The molecule has 0 aromatic carbocycles. The number of pyridine rings is 1. The molecule has 0 saturated heterocycles. The predicted molar refractivity (Wildman–Crippen MR) is 64.1 cm³/mol. The average Bonchev–Trinajstić information content (AvgIpc) is 2.33. The van der Waals surface area contributed by atoms with Crippen molar-refractivity contribution in [2.75, 3.05) is 0 Å². The van der Waals surface area contributed by atoms with Crippen molar-refractivity contribution in [2.24, 2.45) is 0 Å². The summed E-state index contributed by atoms with van der Waals surface area (Å²) in [5, 5.41) is 4.99. The third-order valence-corrected chi connectivity index (χ3v) is 2.49. The highest BCUT2D eigenvalue weighted by Crippen LogP contribution is 2.02. The van der Waals surface area contributed by atoms with Gasteiger partial charge in [-0.1, -0.05) is 6.07 Å². The van der Waals surface area contributed by atoms with Gasteiger partial charge in [-0.25, -0.2) is 0 Å². The zero-order chi connectivity index (χ0) is 12.3. The molecule has 2 aromatic heterocycles. The Hall–Kier alpha value is -2.17. The van der Waals surface area contributed by atoms with Crippen molar-refractivity contribution in [3.05, 3.63) is 61.9 Å². The Balaban J connectivity index is 2.07. The first-order chi connectivity index (χ1) is 8.15. The second-order valence-corrected chi connectivity index (χ2v) is 3.94. The molecule has 0 unspecified atom stereocenters. The molecule has 2 aromatic rings. The summed E-state index contributed by atoms with van der Waals surface area (Å²) in [6, 6.07) is 5.28. The number of rotatable bonds is 3. The smallest absolute Gasteiger partial charge is 0.302 e. The van der Waals surface area contributed by atoms with Gasteiger partial charge in [0, 0.05) is 23.7 Å². The summed E-state index contributed by atoms with van der Waals surface area (Å²) in [6.07, 6.45) is 3.18. The van der Waals surface area contributed by atoms with Gasteiger partial charge in [0.05, 0.1) is 0 Å². The van der Waals surface area contributed by atoms with Gasteiger partial charge in [-0.15, -0.1) is 0 Å². The van der Waals surface area contributed by atoms with Crippen LogP contribution < -0.4 is 11.0 Å². The number of nitrogens with one attached hydrogen (secondary N) is 2. The minimum absolute atomic E-state index is 0.518. The van der Waals surface area contributed by atoms with E-state index in [1.807, 2.05) is 25.3 Å². The Morgan fingerprint density at radius 3 is 2.65 bits per heavy atom. The molecule has 5 heteroatoms. The Morgan fingerprint density at radius 2 is 2.00 bits per heavy atom. The van der Waals surface area contributed by atoms with Crippen LogP contribution in [-0.2, 0) is 12.8 Å². The molecule has 0 saturated carbocycles. The highest BCUT2D eigenvalue weighted by molar-refractivity contribution is 5.13. The largest absolute Gasteiger partial charge is 0.310 e. The molecule has 17 heavy (non-hydrogen) atoms. The van der Waals surface area contributed by atoms with Crippen LogP contribution in [0.3, 0.4) is 0 Å². The maximum atomic E-state index is 11.1. The van der Waals surface area contributed by atoms with Gasteiger partial charge in [-0.05, 0) is 31.4 Å². The van der Waals surface area contributed by atoms with Crippen LogP contribution in [0.2, 0.25) is 0 Å². The minimum atomic E-state index is -0.623. The van der Waals surface area contributed by atoms with Crippen molar-refractivity contribution >= 4 is 0 Å². The Kier molecular flexibility index (Phi) is 3.18. The molecule has 88 valence electrons. The molecule has 0 bridgehead atoms. The van der Waals surface area contributed by atoms with Crippen LogP contribution in [0, 0.1) is 6.92 Å². The molecule has 0 aliphatic carbocycles. The Labute approximate surface area is 97.5 Å². The highest BCUT2D eigenvalue weighted by atomic mass is 16.2. The first-order valence-corrected chi connectivity index (χ1v) is 5.37. The van der Waals surface area contributed by atoms with Crippen molar-refractivity contribution in [1.29, 1.82) is 0 Å². The van der Waals surface area contributed by atoms with Crippen LogP contribution in [0.25, 0.3) is 0 Å². The van der Waals surface area contributed by atoms with E-state index in [1.54, 1.807) is 0 Å². The number of aromatic amines is 2. The number of aromatic nitrogens is 3. The van der Waals surface area contributed by atoms with E-state index in [1.165, 1.54) is 6.07 Å². The summed E-state index contributed by atoms with van der Waals surface area (Å²) in [6.45, 7) is 1.98. The fourth-order valence-corrected chi connectivity index (χ4v) is 1.50. The molecule has 0 fully saturated rings. The van der Waals surface area contributed by atoms with Gasteiger partial charge in [0.25, 0.3) is 0 Å². The van der Waals surface area contributed by atoms with Crippen LogP contribution in [0.1, 0.15) is 17.0 Å². The van der Waals surface area contributed by atoms with Gasteiger partial charge < -0.3 is 5.10 Å². The number of aryl methyl sites for hydroxylation is 3. The standard InChI is InChI=1S/C12H13N3O2/c1-8-2-3-9(13-7-8)4-5-10-6-11(16)12(17)15-14-10/h2-3,6-7H,4-5H2,1H3,(H,14,16)(H,15,17). The fourth-order valence-electron chi connectivity index (χ4n) is 1.50. The first-order valence-electron chi connectivity index (χ1n) is 5.37. The molecule has 0 aliphatic heterocycles. The lowest BCUT2D eigenvalue weighted by Crippen LogP contribution is -2.27. The fraction of sp³-hybridized carbons (Fsp3) is 0.250. The van der Waals surface area contributed by atoms with Gasteiger partial charge in [0.1, 0.15) is 0 Å². The lowest BCUT2D eigenvalue weighted by molar-refractivity contribution is 0.822. The van der Waals surface area contributed by atoms with Crippen LogP contribution in [0.4, 0.5) is 0 Å². The molecule has 0 amide bonds. The van der Waals surface area contributed by atoms with E-state index in [4.69, 9.17) is 0 Å². The van der Waals surface area contributed by atoms with Crippen molar-refractivity contribution in [3.63, 3.8) is 0 Å². The van der Waals surface area contributed by atoms with Crippen LogP contribution in [0.15, 0.2) is 34.0 Å². The third kappa shape index (κ3) is 2.90. The second kappa shape index (κ2) is 4.78. The summed E-state index contributed by atoms with van der Waals surface area (Å²) in [7, 11) is 0. The Morgan fingerprint density at radius 1 is 1.18 bits per heavy atom. The molecular formula is C12H13N3O2. The lowest BCUT2D eigenvalue weighted by Gasteiger charge is -2.01. The number of H-pyrrole nitrogens is 2. The summed E-state index contributed by atoms with van der Waals surface area (Å²) in [5.41, 5.74) is 1.64. The minimum Gasteiger partial charge on any atom is -0.302 e. The van der Waals surface area contributed by atoms with E-state index in [0.717, 1.165) is 17.7 Å². The van der Waals surface area contributed by atoms with E-state index in [0.29, 0.717) is 12.1 Å². The van der Waals surface area contributed by atoms with Gasteiger partial charge in [0.2, 0.25) is 5.43 Å². The normalized spacial score (nSPS) is 10.4. The van der Waals surface area contributed by atoms with Gasteiger partial charge in [-0.3, -0.25) is 19.7 Å². The van der Waals surface area contributed by atoms with Crippen molar-refractivity contribution < 1.29 is 0 Å². The van der Waals surface area contributed by atoms with Crippen LogP contribution in [0.5, 0.6) is 0 Å². The molecular weight excluding hydrogens is 218 g/mol. The van der Waals surface area contributed by atoms with Crippen LogP contribution in [-0.4, -0.2) is 15.2 Å². The van der Waals surface area contributed by atoms with Gasteiger partial charge in [0.15, 0.2) is 0 Å². The second-order valence-electron chi connectivity index (χ2n) is 3.94. The molecule has 0 radical (unpaired) electrons. The van der Waals surface area contributed by atoms with E-state index in [9.17, 15) is 9.59 Å². The lowest BCUT2D eigenvalue weighted by atomic mass is 10.1. The number of hydrogen-bond donors (Lipinski definition) is 2. The molecule has 0 spiro atoms. The average molecular weight is 231 g/mol. The van der Waals surface area contributed by atoms with E-state index in [2.05, 4.69) is 15.2 Å². The summed E-state index contributed by atoms with van der Waals surface area (Å²) in [4.78, 5) is 26.3. The van der Waals surface area contributed by atoms with Gasteiger partial charge in [-0.2, -0.15) is 0 Å². The molecule has 0 atom stereocenters. The maximum Gasteiger partial charge on any atom is 0.310 e. The molecule has 2 rings (SSSR count). The van der Waals surface area contributed by atoms with Crippen LogP contribution >= 0.6 is 0 Å². The summed E-state index contributed by atoms with van der Waals surface area (Å²) < 4.78 is 0. The summed E-state index contributed by atoms with van der Waals surface area (Å²) in [5.74, 6) is 0. The third-order valence-electron chi connectivity index (χ3n) is 2.49. The van der Waals surface area contributed by atoms with E-state index in [-0.39, 0.29) is 0 Å². The monoisotopic (exact) mass is 231 g/mol. The summed E-state index contributed by atoms with van der Waals surface area (Å²) >= 11 is 0. The highest BCUT2D eigenvalue weighted by Gasteiger charge is 2.00. The zero-order valence-corrected chi connectivity index (χ0v) is 9.49. The van der Waals surface area contributed by atoms with Crippen molar-refractivity contribution in [3.8, 4) is 0 Å². The van der Waals surface area contributed by atoms with E-state index < -0.39 is 11.0 Å². The van der Waals surface area contributed by atoms with Crippen molar-refractivity contribution in [1.82, 2.24) is 15.2 Å².